The lowest BCUT2D eigenvalue weighted by molar-refractivity contribution is -0.120. The molecular formula is C20H16BrClF2N2O3. The van der Waals surface area contributed by atoms with Gasteiger partial charge in [0.15, 0.2) is 0 Å². The van der Waals surface area contributed by atoms with E-state index >= 15 is 0 Å². The number of hydrogen-bond donors (Lipinski definition) is 2. The second-order valence-electron chi connectivity index (χ2n) is 7.15. The smallest absolute Gasteiger partial charge is 0.420 e. The Bertz CT molecular complexity index is 986. The lowest BCUT2D eigenvalue weighted by Gasteiger charge is -2.22. The molecule has 1 spiro atoms. The third-order valence-electron chi connectivity index (χ3n) is 5.32. The van der Waals surface area contributed by atoms with E-state index in [1.165, 1.54) is 24.3 Å². The zero-order chi connectivity index (χ0) is 20.8. The molecular weight excluding hydrogens is 470 g/mol. The maximum Gasteiger partial charge on any atom is 0.487 e. The normalized spacial score (nSPS) is 17.2. The molecule has 9 heteroatoms. The molecule has 0 radical (unpaired) electrons. The largest absolute Gasteiger partial charge is 0.487 e. The Labute approximate surface area is 178 Å². The van der Waals surface area contributed by atoms with Crippen LogP contribution in [-0.2, 0) is 10.2 Å². The van der Waals surface area contributed by atoms with Crippen LogP contribution in [0.15, 0.2) is 40.9 Å². The molecule has 2 aromatic carbocycles. The molecule has 4 rings (SSSR count). The molecule has 29 heavy (non-hydrogen) atoms. The van der Waals surface area contributed by atoms with E-state index in [9.17, 15) is 18.4 Å². The summed E-state index contributed by atoms with van der Waals surface area (Å²) in [5.41, 5.74) is -2.00. The van der Waals surface area contributed by atoms with E-state index < -0.39 is 16.9 Å². The lowest BCUT2D eigenvalue weighted by Crippen LogP contribution is -2.31. The summed E-state index contributed by atoms with van der Waals surface area (Å²) in [7, 11) is 0. The number of anilines is 2. The van der Waals surface area contributed by atoms with Crippen molar-refractivity contribution < 1.29 is 23.1 Å². The van der Waals surface area contributed by atoms with Crippen molar-refractivity contribution in [3.8, 4) is 5.75 Å². The van der Waals surface area contributed by atoms with Gasteiger partial charge in [-0.15, -0.1) is 8.78 Å². The van der Waals surface area contributed by atoms with Gasteiger partial charge < -0.3 is 15.4 Å². The second kappa shape index (κ2) is 7.25. The standard InChI is InChI=1S/C20H16BrClF2N2O3/c21-14-9-11(10-15-16(14)19(18(28)26-15)7-1-2-8-19)17(27)25-12-3-5-13(6-4-12)29-20(22,23)24/h3-6,9-10H,1-2,7-8H2,(H,25,27)(H,26,28). The highest BCUT2D eigenvalue weighted by Gasteiger charge is 2.49. The Morgan fingerprint density at radius 2 is 1.86 bits per heavy atom. The molecule has 0 atom stereocenters. The van der Waals surface area contributed by atoms with E-state index in [4.69, 9.17) is 11.6 Å². The SMILES string of the molecule is O=C(Nc1ccc(OC(F)(F)Cl)cc1)c1cc(Br)c2c(c1)NC(=O)C21CCCC1. The number of halogens is 4. The molecule has 2 aliphatic rings. The van der Waals surface area contributed by atoms with Crippen molar-refractivity contribution in [3.05, 3.63) is 52.0 Å². The summed E-state index contributed by atoms with van der Waals surface area (Å²) in [6.45, 7) is 0. The van der Waals surface area contributed by atoms with Crippen molar-refractivity contribution in [2.24, 2.45) is 0 Å². The van der Waals surface area contributed by atoms with Crippen LogP contribution in [0.2, 0.25) is 0 Å². The molecule has 2 N–H and O–H groups in total. The molecule has 0 unspecified atom stereocenters. The highest BCUT2D eigenvalue weighted by atomic mass is 79.9. The highest BCUT2D eigenvalue weighted by molar-refractivity contribution is 9.10. The van der Waals surface area contributed by atoms with Crippen LogP contribution in [0.3, 0.4) is 0 Å². The summed E-state index contributed by atoms with van der Waals surface area (Å²) in [5, 5.41) is 5.60. The van der Waals surface area contributed by atoms with Crippen LogP contribution < -0.4 is 15.4 Å². The zero-order valence-corrected chi connectivity index (χ0v) is 17.4. The zero-order valence-electron chi connectivity index (χ0n) is 15.0. The van der Waals surface area contributed by atoms with Gasteiger partial charge in [0.1, 0.15) is 5.75 Å². The number of rotatable bonds is 4. The first-order valence-corrected chi connectivity index (χ1v) is 10.2. The minimum absolute atomic E-state index is 0.0186. The van der Waals surface area contributed by atoms with Crippen molar-refractivity contribution in [3.63, 3.8) is 0 Å². The van der Waals surface area contributed by atoms with Gasteiger partial charge in [-0.05, 0) is 49.2 Å². The van der Waals surface area contributed by atoms with Crippen molar-refractivity contribution >= 4 is 50.7 Å². The van der Waals surface area contributed by atoms with Gasteiger partial charge in [-0.3, -0.25) is 9.59 Å². The van der Waals surface area contributed by atoms with Crippen molar-refractivity contribution in [1.82, 2.24) is 0 Å². The molecule has 0 bridgehead atoms. The van der Waals surface area contributed by atoms with Gasteiger partial charge in [0.25, 0.3) is 5.91 Å². The van der Waals surface area contributed by atoms with Gasteiger partial charge in [0, 0.05) is 38.6 Å². The first-order chi connectivity index (χ1) is 13.7. The number of fused-ring (bicyclic) bond motifs is 2. The van der Waals surface area contributed by atoms with Gasteiger partial charge >= 0.3 is 5.57 Å². The number of ether oxygens (including phenoxy) is 1. The Kier molecular flexibility index (Phi) is 5.02. The second-order valence-corrected chi connectivity index (χ2v) is 8.44. The summed E-state index contributed by atoms with van der Waals surface area (Å²) in [6.07, 6.45) is 3.59. The number of carbonyl (C=O) groups is 2. The van der Waals surface area contributed by atoms with E-state index in [1.807, 2.05) is 0 Å². The van der Waals surface area contributed by atoms with E-state index in [0.29, 0.717) is 21.4 Å². The van der Waals surface area contributed by atoms with E-state index in [2.05, 4.69) is 31.3 Å². The molecule has 2 aromatic rings. The summed E-state index contributed by atoms with van der Waals surface area (Å²) >= 11 is 8.26. The number of carbonyl (C=O) groups excluding carboxylic acids is 2. The first kappa shape index (κ1) is 20.1. The van der Waals surface area contributed by atoms with Crippen molar-refractivity contribution in [2.75, 3.05) is 10.6 Å². The summed E-state index contributed by atoms with van der Waals surface area (Å²) < 4.78 is 30.3. The van der Waals surface area contributed by atoms with E-state index in [1.54, 1.807) is 12.1 Å². The molecule has 1 aliphatic heterocycles. The highest BCUT2D eigenvalue weighted by Crippen LogP contribution is 2.51. The Balaban J connectivity index is 1.54. The molecule has 1 heterocycles. The van der Waals surface area contributed by atoms with Gasteiger partial charge in [-0.2, -0.15) is 0 Å². The van der Waals surface area contributed by atoms with E-state index in [-0.39, 0.29) is 11.7 Å². The number of benzene rings is 2. The Hall–Kier alpha value is -2.19. The van der Waals surface area contributed by atoms with Gasteiger partial charge in [-0.25, -0.2) is 0 Å². The third-order valence-corrected chi connectivity index (χ3v) is 6.02. The number of hydrogen-bond acceptors (Lipinski definition) is 3. The molecule has 1 aliphatic carbocycles. The Morgan fingerprint density at radius 1 is 1.21 bits per heavy atom. The molecule has 1 saturated carbocycles. The van der Waals surface area contributed by atoms with Crippen LogP contribution in [0.1, 0.15) is 41.6 Å². The van der Waals surface area contributed by atoms with Crippen LogP contribution in [0, 0.1) is 0 Å². The minimum atomic E-state index is -3.80. The average Bonchev–Trinajstić information content (AvgIpc) is 3.22. The fourth-order valence-corrected chi connectivity index (χ4v) is 5.01. The van der Waals surface area contributed by atoms with Gasteiger partial charge in [0.05, 0.1) is 5.41 Å². The molecule has 2 amide bonds. The fourth-order valence-electron chi connectivity index (χ4n) is 4.08. The van der Waals surface area contributed by atoms with Gasteiger partial charge in [-0.1, -0.05) is 28.8 Å². The first-order valence-electron chi connectivity index (χ1n) is 9.01. The fraction of sp³-hybridized carbons (Fsp3) is 0.300. The predicted molar refractivity (Wildman–Crippen MR) is 109 cm³/mol. The molecule has 5 nitrogen and oxygen atoms in total. The maximum absolute atomic E-state index is 12.7. The maximum atomic E-state index is 12.7. The summed E-state index contributed by atoms with van der Waals surface area (Å²) in [6, 6.07) is 8.75. The Morgan fingerprint density at radius 3 is 2.48 bits per heavy atom. The lowest BCUT2D eigenvalue weighted by atomic mass is 9.80. The predicted octanol–water partition coefficient (Wildman–Crippen LogP) is 5.63. The summed E-state index contributed by atoms with van der Waals surface area (Å²) in [5.74, 6) is -0.547. The molecule has 0 saturated heterocycles. The molecule has 1 fully saturated rings. The summed E-state index contributed by atoms with van der Waals surface area (Å²) in [4.78, 5) is 25.3. The quantitative estimate of drug-likeness (QED) is 0.551. The molecule has 0 aromatic heterocycles. The number of amides is 2. The van der Waals surface area contributed by atoms with Crippen molar-refractivity contribution in [2.45, 2.75) is 36.7 Å². The average molecular weight is 486 g/mol. The van der Waals surface area contributed by atoms with Crippen LogP contribution in [-0.4, -0.2) is 17.4 Å². The van der Waals surface area contributed by atoms with Crippen LogP contribution in [0.25, 0.3) is 0 Å². The van der Waals surface area contributed by atoms with Crippen LogP contribution >= 0.6 is 27.5 Å². The monoisotopic (exact) mass is 484 g/mol. The number of alkyl halides is 3. The topological polar surface area (TPSA) is 67.4 Å². The van der Waals surface area contributed by atoms with Gasteiger partial charge in [0.2, 0.25) is 5.91 Å². The minimum Gasteiger partial charge on any atom is -0.420 e. The van der Waals surface area contributed by atoms with Crippen LogP contribution in [0.5, 0.6) is 5.75 Å². The van der Waals surface area contributed by atoms with Crippen LogP contribution in [0.4, 0.5) is 20.2 Å². The third kappa shape index (κ3) is 3.83. The molecule has 152 valence electrons. The van der Waals surface area contributed by atoms with E-state index in [0.717, 1.165) is 31.2 Å². The van der Waals surface area contributed by atoms with Crippen molar-refractivity contribution in [1.29, 1.82) is 0 Å². The number of nitrogens with one attached hydrogen (secondary N) is 2.